The van der Waals surface area contributed by atoms with E-state index in [0.29, 0.717) is 6.54 Å². The zero-order valence-corrected chi connectivity index (χ0v) is 12.4. The normalized spacial score (nSPS) is 12.6. The van der Waals surface area contributed by atoms with E-state index in [1.165, 1.54) is 6.07 Å². The summed E-state index contributed by atoms with van der Waals surface area (Å²) in [5, 5.41) is 6.45. The van der Waals surface area contributed by atoms with Crippen molar-refractivity contribution >= 4 is 27.3 Å². The first-order valence-electron chi connectivity index (χ1n) is 5.76. The van der Waals surface area contributed by atoms with Crippen LogP contribution in [0.15, 0.2) is 34.2 Å². The highest BCUT2D eigenvalue weighted by Gasteiger charge is 2.11. The fraction of sp³-hybridized carbons (Fsp3) is 0.308. The maximum Gasteiger partial charge on any atom is 0.124 e. The van der Waals surface area contributed by atoms with E-state index in [0.717, 1.165) is 21.5 Å². The Bertz CT molecular complexity index is 481. The summed E-state index contributed by atoms with van der Waals surface area (Å²) in [6, 6.07) is 5.16. The molecule has 2 rings (SSSR count). The van der Waals surface area contributed by atoms with Crippen molar-refractivity contribution in [3.8, 4) is 0 Å². The Labute approximate surface area is 118 Å². The lowest BCUT2D eigenvalue weighted by atomic mass is 10.2. The molecule has 1 heterocycles. The molecule has 1 unspecified atom stereocenters. The molecule has 96 valence electrons. The fourth-order valence-corrected chi connectivity index (χ4v) is 3.08. The summed E-state index contributed by atoms with van der Waals surface area (Å²) in [7, 11) is 0. The minimum atomic E-state index is -0.219. The molecule has 2 nitrogen and oxygen atoms in total. The summed E-state index contributed by atoms with van der Waals surface area (Å²) in [6.07, 6.45) is 2.77. The van der Waals surface area contributed by atoms with Crippen molar-refractivity contribution in [2.45, 2.75) is 25.9 Å². The first-order valence-corrected chi connectivity index (χ1v) is 7.44. The highest BCUT2D eigenvalue weighted by molar-refractivity contribution is 9.10. The third-order valence-electron chi connectivity index (χ3n) is 2.63. The van der Waals surface area contributed by atoms with Crippen LogP contribution in [-0.4, -0.2) is 4.98 Å². The van der Waals surface area contributed by atoms with Crippen LogP contribution in [0.4, 0.5) is 4.39 Å². The topological polar surface area (TPSA) is 24.9 Å². The van der Waals surface area contributed by atoms with Gasteiger partial charge in [-0.3, -0.25) is 0 Å². The molecule has 0 amide bonds. The third-order valence-corrected chi connectivity index (χ3v) is 3.98. The molecule has 0 bridgehead atoms. The second-order valence-electron chi connectivity index (χ2n) is 3.99. The van der Waals surface area contributed by atoms with Gasteiger partial charge in [0.1, 0.15) is 10.8 Å². The molecule has 0 fully saturated rings. The molecule has 0 aliphatic carbocycles. The van der Waals surface area contributed by atoms with E-state index in [2.05, 4.69) is 33.2 Å². The largest absolute Gasteiger partial charge is 0.304 e. The van der Waals surface area contributed by atoms with Crippen molar-refractivity contribution in [1.29, 1.82) is 0 Å². The minimum Gasteiger partial charge on any atom is -0.304 e. The van der Waals surface area contributed by atoms with Gasteiger partial charge in [0.15, 0.2) is 0 Å². The average Bonchev–Trinajstić information content (AvgIpc) is 2.82. The van der Waals surface area contributed by atoms with Crippen LogP contribution in [0.25, 0.3) is 0 Å². The van der Waals surface area contributed by atoms with E-state index >= 15 is 0 Å². The lowest BCUT2D eigenvalue weighted by Crippen LogP contribution is -2.20. The van der Waals surface area contributed by atoms with Crippen LogP contribution in [0.2, 0.25) is 0 Å². The molecular formula is C13H14BrFN2S. The number of thiazole rings is 1. The maximum atomic E-state index is 13.2. The van der Waals surface area contributed by atoms with Crippen LogP contribution in [0.3, 0.4) is 0 Å². The van der Waals surface area contributed by atoms with Gasteiger partial charge in [0.05, 0.1) is 6.04 Å². The Balaban J connectivity index is 2.01. The van der Waals surface area contributed by atoms with Crippen LogP contribution in [0.5, 0.6) is 0 Å². The summed E-state index contributed by atoms with van der Waals surface area (Å²) < 4.78 is 14.0. The van der Waals surface area contributed by atoms with Gasteiger partial charge in [-0.15, -0.1) is 11.3 Å². The molecule has 1 atom stereocenters. The number of hydrogen-bond acceptors (Lipinski definition) is 3. The Hall–Kier alpha value is -0.780. The van der Waals surface area contributed by atoms with Crippen LogP contribution in [-0.2, 0) is 6.54 Å². The summed E-state index contributed by atoms with van der Waals surface area (Å²) in [6.45, 7) is 2.75. The van der Waals surface area contributed by atoms with Crippen LogP contribution in [0, 0.1) is 5.82 Å². The molecule has 1 N–H and O–H groups in total. The Morgan fingerprint density at radius 1 is 1.44 bits per heavy atom. The molecule has 0 aliphatic heterocycles. The van der Waals surface area contributed by atoms with Crippen molar-refractivity contribution in [2.24, 2.45) is 0 Å². The molecule has 2 aromatic rings. The lowest BCUT2D eigenvalue weighted by molar-refractivity contribution is 0.514. The molecule has 0 saturated carbocycles. The zero-order chi connectivity index (χ0) is 13.0. The third kappa shape index (κ3) is 3.60. The van der Waals surface area contributed by atoms with Crippen LogP contribution in [0.1, 0.15) is 30.0 Å². The number of nitrogens with zero attached hydrogens (tertiary/aromatic N) is 1. The fourth-order valence-electron chi connectivity index (χ4n) is 1.77. The number of aromatic nitrogens is 1. The van der Waals surface area contributed by atoms with Gasteiger partial charge in [0, 0.05) is 22.6 Å². The Morgan fingerprint density at radius 3 is 2.89 bits per heavy atom. The molecule has 18 heavy (non-hydrogen) atoms. The first kappa shape index (κ1) is 13.6. The van der Waals surface area contributed by atoms with E-state index in [-0.39, 0.29) is 11.9 Å². The molecular weight excluding hydrogens is 315 g/mol. The number of rotatable bonds is 5. The standard InChI is InChI=1S/C13H14BrFN2S/c1-2-12(13-16-3-4-18-13)17-8-9-5-10(14)7-11(15)6-9/h3-7,12,17H,2,8H2,1H3. The molecule has 0 aliphatic rings. The molecule has 5 heteroatoms. The number of benzene rings is 1. The van der Waals surface area contributed by atoms with E-state index in [1.54, 1.807) is 17.4 Å². The van der Waals surface area contributed by atoms with Gasteiger partial charge in [0.25, 0.3) is 0 Å². The predicted octanol–water partition coefficient (Wildman–Crippen LogP) is 4.29. The number of hydrogen-bond donors (Lipinski definition) is 1. The highest BCUT2D eigenvalue weighted by Crippen LogP contribution is 2.20. The van der Waals surface area contributed by atoms with Gasteiger partial charge in [-0.05, 0) is 30.2 Å². The second kappa shape index (κ2) is 6.41. The van der Waals surface area contributed by atoms with Crippen LogP contribution >= 0.6 is 27.3 Å². The summed E-state index contributed by atoms with van der Waals surface area (Å²) in [4.78, 5) is 4.31. The molecule has 1 aromatic heterocycles. The van der Waals surface area contributed by atoms with E-state index in [4.69, 9.17) is 0 Å². The molecule has 0 radical (unpaired) electrons. The highest BCUT2D eigenvalue weighted by atomic mass is 79.9. The van der Waals surface area contributed by atoms with Crippen molar-refractivity contribution in [3.05, 3.63) is 50.6 Å². The summed E-state index contributed by atoms with van der Waals surface area (Å²) in [5.74, 6) is -0.219. The number of halogens is 2. The molecule has 0 spiro atoms. The van der Waals surface area contributed by atoms with Gasteiger partial charge in [-0.1, -0.05) is 22.9 Å². The second-order valence-corrected chi connectivity index (χ2v) is 5.83. The van der Waals surface area contributed by atoms with Gasteiger partial charge in [-0.2, -0.15) is 0 Å². The zero-order valence-electron chi connectivity index (χ0n) is 9.99. The Kier molecular flexibility index (Phi) is 4.86. The predicted molar refractivity (Wildman–Crippen MR) is 76.1 cm³/mol. The number of nitrogens with one attached hydrogen (secondary N) is 1. The van der Waals surface area contributed by atoms with Crippen molar-refractivity contribution in [2.75, 3.05) is 0 Å². The van der Waals surface area contributed by atoms with Crippen molar-refractivity contribution < 1.29 is 4.39 Å². The van der Waals surface area contributed by atoms with Crippen molar-refractivity contribution in [1.82, 2.24) is 10.3 Å². The Morgan fingerprint density at radius 2 is 2.28 bits per heavy atom. The monoisotopic (exact) mass is 328 g/mol. The van der Waals surface area contributed by atoms with E-state index in [9.17, 15) is 4.39 Å². The smallest absolute Gasteiger partial charge is 0.124 e. The molecule has 0 saturated heterocycles. The summed E-state index contributed by atoms with van der Waals surface area (Å²) >= 11 is 4.94. The van der Waals surface area contributed by atoms with Crippen LogP contribution < -0.4 is 5.32 Å². The quantitative estimate of drug-likeness (QED) is 0.885. The van der Waals surface area contributed by atoms with E-state index in [1.807, 2.05) is 17.6 Å². The SMILES string of the molecule is CCC(NCc1cc(F)cc(Br)c1)c1nccs1. The van der Waals surface area contributed by atoms with Gasteiger partial charge >= 0.3 is 0 Å². The lowest BCUT2D eigenvalue weighted by Gasteiger charge is -2.14. The van der Waals surface area contributed by atoms with Gasteiger partial charge in [-0.25, -0.2) is 9.37 Å². The molecule has 1 aromatic carbocycles. The minimum absolute atomic E-state index is 0.219. The van der Waals surface area contributed by atoms with Crippen molar-refractivity contribution in [3.63, 3.8) is 0 Å². The first-order chi connectivity index (χ1) is 8.69. The van der Waals surface area contributed by atoms with E-state index < -0.39 is 0 Å². The summed E-state index contributed by atoms with van der Waals surface area (Å²) in [5.41, 5.74) is 0.928. The van der Waals surface area contributed by atoms with Gasteiger partial charge < -0.3 is 5.32 Å². The average molecular weight is 329 g/mol. The van der Waals surface area contributed by atoms with Gasteiger partial charge in [0.2, 0.25) is 0 Å². The maximum absolute atomic E-state index is 13.2.